The van der Waals surface area contributed by atoms with Crippen molar-refractivity contribution in [3.63, 3.8) is 0 Å². The zero-order valence-corrected chi connectivity index (χ0v) is 15.4. The van der Waals surface area contributed by atoms with Gasteiger partial charge in [-0.3, -0.25) is 4.79 Å². The molecule has 140 valence electrons. The lowest BCUT2D eigenvalue weighted by molar-refractivity contribution is 0.0350. The number of amides is 1. The van der Waals surface area contributed by atoms with Gasteiger partial charge < -0.3 is 14.1 Å². The van der Waals surface area contributed by atoms with E-state index in [-0.39, 0.29) is 23.5 Å². The highest BCUT2D eigenvalue weighted by atomic mass is 32.2. The Balaban J connectivity index is 1.63. The molecule has 1 aliphatic heterocycles. The fraction of sp³-hybridized carbons (Fsp3) is 0.389. The number of nitrogens with zero attached hydrogens (tertiary/aromatic N) is 1. The second-order valence-corrected chi connectivity index (χ2v) is 7.92. The molecule has 0 atom stereocenters. The lowest BCUT2D eigenvalue weighted by atomic mass is 10.1. The second kappa shape index (κ2) is 8.03. The first-order valence-electron chi connectivity index (χ1n) is 8.44. The predicted molar refractivity (Wildman–Crippen MR) is 95.1 cm³/mol. The number of furan rings is 1. The van der Waals surface area contributed by atoms with E-state index in [1.54, 1.807) is 36.3 Å². The lowest BCUT2D eigenvalue weighted by Crippen LogP contribution is -2.40. The molecule has 0 unspecified atom stereocenters. The topological polar surface area (TPSA) is 88.8 Å². The summed E-state index contributed by atoms with van der Waals surface area (Å²) in [7, 11) is -1.98. The molecule has 0 radical (unpaired) electrons. The normalized spacial score (nSPS) is 16.0. The smallest absolute Gasteiger partial charge is 0.253 e. The van der Waals surface area contributed by atoms with Gasteiger partial charge in [-0.2, -0.15) is 0 Å². The second-order valence-electron chi connectivity index (χ2n) is 6.16. The molecule has 1 saturated heterocycles. The molecule has 1 amide bonds. The van der Waals surface area contributed by atoms with Gasteiger partial charge in [-0.05, 0) is 49.2 Å². The summed E-state index contributed by atoms with van der Waals surface area (Å²) in [6.45, 7) is 1.36. The standard InChI is InChI=1S/C18H22N2O5S/c1-24-15-8-10-20(11-9-15)18(21)14-4-6-17(7-5-14)26(22,23)19-13-16-3-2-12-25-16/h2-7,12,15,19H,8-11,13H2,1H3. The van der Waals surface area contributed by atoms with Gasteiger partial charge in [-0.25, -0.2) is 13.1 Å². The number of hydrogen-bond donors (Lipinski definition) is 1. The van der Waals surface area contributed by atoms with Crippen molar-refractivity contribution >= 4 is 15.9 Å². The molecule has 2 heterocycles. The maximum Gasteiger partial charge on any atom is 0.253 e. The third kappa shape index (κ3) is 4.32. The average Bonchev–Trinajstić information content (AvgIpc) is 3.20. The van der Waals surface area contributed by atoms with E-state index < -0.39 is 10.0 Å². The highest BCUT2D eigenvalue weighted by Gasteiger charge is 2.24. The van der Waals surface area contributed by atoms with Crippen molar-refractivity contribution in [1.82, 2.24) is 9.62 Å². The molecule has 0 bridgehead atoms. The van der Waals surface area contributed by atoms with Crippen LogP contribution in [0.1, 0.15) is 29.0 Å². The Kier molecular flexibility index (Phi) is 5.75. The van der Waals surface area contributed by atoms with Crippen LogP contribution < -0.4 is 4.72 Å². The van der Waals surface area contributed by atoms with E-state index in [4.69, 9.17) is 9.15 Å². The molecular weight excluding hydrogens is 356 g/mol. The molecular formula is C18H22N2O5S. The molecule has 26 heavy (non-hydrogen) atoms. The van der Waals surface area contributed by atoms with Gasteiger partial charge in [0.15, 0.2) is 0 Å². The summed E-state index contributed by atoms with van der Waals surface area (Å²) in [5.74, 6) is 0.437. The number of sulfonamides is 1. The predicted octanol–water partition coefficient (Wildman–Crippen LogP) is 2.01. The van der Waals surface area contributed by atoms with Crippen LogP contribution in [0.5, 0.6) is 0 Å². The van der Waals surface area contributed by atoms with E-state index in [1.165, 1.54) is 18.4 Å². The van der Waals surface area contributed by atoms with Crippen molar-refractivity contribution in [2.45, 2.75) is 30.4 Å². The zero-order valence-electron chi connectivity index (χ0n) is 14.6. The lowest BCUT2D eigenvalue weighted by Gasteiger charge is -2.31. The molecule has 1 N–H and O–H groups in total. The van der Waals surface area contributed by atoms with Gasteiger partial charge in [0, 0.05) is 25.8 Å². The zero-order chi connectivity index (χ0) is 18.6. The van der Waals surface area contributed by atoms with Gasteiger partial charge in [0.05, 0.1) is 23.8 Å². The highest BCUT2D eigenvalue weighted by Crippen LogP contribution is 2.17. The number of hydrogen-bond acceptors (Lipinski definition) is 5. The number of carbonyl (C=O) groups is 1. The van der Waals surface area contributed by atoms with Crippen LogP contribution >= 0.6 is 0 Å². The number of piperidine rings is 1. The molecule has 7 nitrogen and oxygen atoms in total. The average molecular weight is 378 g/mol. The first-order valence-corrected chi connectivity index (χ1v) is 9.92. The van der Waals surface area contributed by atoms with Crippen LogP contribution in [0.2, 0.25) is 0 Å². The van der Waals surface area contributed by atoms with Gasteiger partial charge >= 0.3 is 0 Å². The van der Waals surface area contributed by atoms with Crippen LogP contribution in [0.15, 0.2) is 52.0 Å². The summed E-state index contributed by atoms with van der Waals surface area (Å²) in [6, 6.07) is 9.37. The SMILES string of the molecule is COC1CCN(C(=O)c2ccc(S(=O)(=O)NCc3ccco3)cc2)CC1. The van der Waals surface area contributed by atoms with Crippen molar-refractivity contribution in [3.05, 3.63) is 54.0 Å². The van der Waals surface area contributed by atoms with Gasteiger partial charge in [-0.1, -0.05) is 0 Å². The van der Waals surface area contributed by atoms with E-state index in [9.17, 15) is 13.2 Å². The summed E-state index contributed by atoms with van der Waals surface area (Å²) in [6.07, 6.45) is 3.31. The van der Waals surface area contributed by atoms with Crippen LogP contribution in [0.4, 0.5) is 0 Å². The molecule has 0 spiro atoms. The Morgan fingerprint density at radius 2 is 1.92 bits per heavy atom. The number of methoxy groups -OCH3 is 1. The highest BCUT2D eigenvalue weighted by molar-refractivity contribution is 7.89. The first kappa shape index (κ1) is 18.6. The van der Waals surface area contributed by atoms with Gasteiger partial charge in [0.2, 0.25) is 10.0 Å². The minimum Gasteiger partial charge on any atom is -0.468 e. The first-order chi connectivity index (χ1) is 12.5. The van der Waals surface area contributed by atoms with E-state index in [0.29, 0.717) is 24.4 Å². The fourth-order valence-electron chi connectivity index (χ4n) is 2.92. The minimum absolute atomic E-state index is 0.0739. The molecule has 8 heteroatoms. The van der Waals surface area contributed by atoms with Crippen LogP contribution in [0.25, 0.3) is 0 Å². The Morgan fingerprint density at radius 1 is 1.23 bits per heavy atom. The Morgan fingerprint density at radius 3 is 2.50 bits per heavy atom. The van der Waals surface area contributed by atoms with Crippen molar-refractivity contribution < 1.29 is 22.4 Å². The van der Waals surface area contributed by atoms with E-state index >= 15 is 0 Å². The third-order valence-electron chi connectivity index (χ3n) is 4.49. The Labute approximate surface area is 153 Å². The monoisotopic (exact) mass is 378 g/mol. The van der Waals surface area contributed by atoms with Crippen LogP contribution in [-0.2, 0) is 21.3 Å². The summed E-state index contributed by atoms with van der Waals surface area (Å²) in [5, 5.41) is 0. The van der Waals surface area contributed by atoms with Gasteiger partial charge in [0.1, 0.15) is 5.76 Å². The fourth-order valence-corrected chi connectivity index (χ4v) is 3.91. The largest absolute Gasteiger partial charge is 0.468 e. The molecule has 1 aliphatic rings. The summed E-state index contributed by atoms with van der Waals surface area (Å²) in [5.41, 5.74) is 0.478. The molecule has 0 saturated carbocycles. The van der Waals surface area contributed by atoms with Crippen molar-refractivity contribution in [2.24, 2.45) is 0 Å². The maximum absolute atomic E-state index is 12.5. The number of rotatable bonds is 6. The number of carbonyl (C=O) groups excluding carboxylic acids is 1. The van der Waals surface area contributed by atoms with E-state index in [1.807, 2.05) is 0 Å². The van der Waals surface area contributed by atoms with Crippen LogP contribution in [-0.4, -0.2) is 45.5 Å². The Bertz CT molecular complexity index is 823. The molecule has 0 aliphatic carbocycles. The molecule has 1 aromatic heterocycles. The third-order valence-corrected chi connectivity index (χ3v) is 5.91. The van der Waals surface area contributed by atoms with Crippen molar-refractivity contribution in [3.8, 4) is 0 Å². The van der Waals surface area contributed by atoms with Crippen LogP contribution in [0.3, 0.4) is 0 Å². The van der Waals surface area contributed by atoms with E-state index in [0.717, 1.165) is 12.8 Å². The number of nitrogens with one attached hydrogen (secondary N) is 1. The quantitative estimate of drug-likeness (QED) is 0.831. The number of likely N-dealkylation sites (tertiary alicyclic amines) is 1. The van der Waals surface area contributed by atoms with Crippen molar-refractivity contribution in [2.75, 3.05) is 20.2 Å². The van der Waals surface area contributed by atoms with Gasteiger partial charge in [0.25, 0.3) is 5.91 Å². The number of benzene rings is 1. The minimum atomic E-state index is -3.67. The number of ether oxygens (including phenoxy) is 1. The Hall–Kier alpha value is -2.16. The van der Waals surface area contributed by atoms with Crippen molar-refractivity contribution in [1.29, 1.82) is 0 Å². The van der Waals surface area contributed by atoms with Gasteiger partial charge in [-0.15, -0.1) is 0 Å². The summed E-state index contributed by atoms with van der Waals surface area (Å²) < 4.78 is 37.5. The molecule has 2 aromatic rings. The molecule has 1 aromatic carbocycles. The maximum atomic E-state index is 12.5. The molecule has 3 rings (SSSR count). The summed E-state index contributed by atoms with van der Waals surface area (Å²) >= 11 is 0. The summed E-state index contributed by atoms with van der Waals surface area (Å²) in [4.78, 5) is 14.4. The molecule has 1 fully saturated rings. The van der Waals surface area contributed by atoms with E-state index in [2.05, 4.69) is 4.72 Å². The van der Waals surface area contributed by atoms with Crippen LogP contribution in [0, 0.1) is 0 Å².